The molecule has 0 radical (unpaired) electrons. The number of anilines is 2. The molecule has 0 saturated carbocycles. The molecule has 0 aromatic heterocycles. The van der Waals surface area contributed by atoms with E-state index in [1.165, 1.54) is 11.1 Å². The topological polar surface area (TPSA) is 42.4 Å². The lowest BCUT2D eigenvalue weighted by atomic mass is 9.97. The maximum absolute atomic E-state index is 10.2. The van der Waals surface area contributed by atoms with E-state index in [2.05, 4.69) is 68.1 Å². The smallest absolute Gasteiger partial charge is 0.0685 e. The Balaban J connectivity index is 0.000000184. The van der Waals surface area contributed by atoms with E-state index in [1.807, 2.05) is 91.0 Å². The van der Waals surface area contributed by atoms with Crippen LogP contribution in [-0.4, -0.2) is 73.5 Å². The average molecular weight is 938 g/mol. The van der Waals surface area contributed by atoms with Crippen molar-refractivity contribution in [1.82, 2.24) is 9.80 Å². The standard InChI is InChI=1S/C25H25Cl3N2O.C24H23Cl3N2O/c1-31-17-22-15-30(21-10-7-19(26)8-11-21)25(23-12-9-20(27)13-24(23)28)16-29(22)14-18-5-3-2-4-6-18;25-18-6-9-20(10-7-18)29-14-21(16-30)28(13-17-4-2-1-3-5-17)15-24(29)22-11-8-19(26)12-23(22)27/h2-13,22,25H,14-17H2,1H3;1-12,21,24,30H,13-16H2/t22-,25-;21-,24-/m11/s1. The van der Waals surface area contributed by atoms with Gasteiger partial charge in [-0.15, -0.1) is 0 Å². The van der Waals surface area contributed by atoms with E-state index in [4.69, 9.17) is 74.3 Å². The SMILES string of the molecule is COC[C@H]1CN(c2ccc(Cl)cc2)[C@@H](c2ccc(Cl)cc2Cl)CN1Cc1ccccc1.OC[C@H]1CN(c2ccc(Cl)cc2)[C@@H](c2ccc(Cl)cc2Cl)CN1Cc1ccccc1. The van der Waals surface area contributed by atoms with Crippen LogP contribution in [0.1, 0.15) is 34.3 Å². The Kier molecular flexibility index (Phi) is 16.2. The molecule has 2 aliphatic heterocycles. The third kappa shape index (κ3) is 11.8. The molecular formula is C49H48Cl6N4O2. The fourth-order valence-corrected chi connectivity index (χ4v) is 9.66. The molecule has 61 heavy (non-hydrogen) atoms. The van der Waals surface area contributed by atoms with Crippen LogP contribution in [-0.2, 0) is 17.8 Å². The van der Waals surface area contributed by atoms with E-state index in [0.717, 1.165) is 60.2 Å². The molecule has 8 rings (SSSR count). The first kappa shape index (κ1) is 45.5. The van der Waals surface area contributed by atoms with Crippen molar-refractivity contribution in [3.05, 3.63) is 198 Å². The van der Waals surface area contributed by atoms with Crippen molar-refractivity contribution in [2.24, 2.45) is 0 Å². The third-order valence-electron chi connectivity index (χ3n) is 11.4. The number of piperazine rings is 2. The molecule has 0 aliphatic carbocycles. The number of nitrogens with zero attached hydrogens (tertiary/aromatic N) is 4. The molecule has 0 bridgehead atoms. The first-order valence-electron chi connectivity index (χ1n) is 20.2. The Hall–Kier alpha value is -3.50. The van der Waals surface area contributed by atoms with Gasteiger partial charge in [-0.2, -0.15) is 0 Å². The summed E-state index contributed by atoms with van der Waals surface area (Å²) in [6, 6.07) is 48.4. The zero-order valence-electron chi connectivity index (χ0n) is 33.7. The fourth-order valence-electron chi connectivity index (χ4n) is 8.34. The molecule has 2 aliphatic rings. The number of ether oxygens (including phenoxy) is 1. The molecule has 2 saturated heterocycles. The second-order valence-electron chi connectivity index (χ2n) is 15.4. The molecule has 12 heteroatoms. The van der Waals surface area contributed by atoms with E-state index in [0.29, 0.717) is 38.3 Å². The Morgan fingerprint density at radius 3 is 1.28 bits per heavy atom. The minimum Gasteiger partial charge on any atom is -0.395 e. The van der Waals surface area contributed by atoms with E-state index in [9.17, 15) is 5.11 Å². The summed E-state index contributed by atoms with van der Waals surface area (Å²) < 4.78 is 5.60. The first-order valence-corrected chi connectivity index (χ1v) is 22.5. The molecule has 2 heterocycles. The number of hydrogen-bond acceptors (Lipinski definition) is 6. The molecule has 4 atom stereocenters. The van der Waals surface area contributed by atoms with Crippen LogP contribution in [0, 0.1) is 0 Å². The summed E-state index contributed by atoms with van der Waals surface area (Å²) in [7, 11) is 1.76. The van der Waals surface area contributed by atoms with Gasteiger partial charge in [-0.25, -0.2) is 0 Å². The summed E-state index contributed by atoms with van der Waals surface area (Å²) in [6.45, 7) is 5.38. The molecule has 6 aromatic carbocycles. The second-order valence-corrected chi connectivity index (χ2v) is 18.0. The van der Waals surface area contributed by atoms with Crippen molar-refractivity contribution in [2.75, 3.05) is 56.3 Å². The van der Waals surface area contributed by atoms with Crippen LogP contribution in [0.15, 0.2) is 146 Å². The summed E-state index contributed by atoms with van der Waals surface area (Å²) in [5, 5.41) is 14.2. The summed E-state index contributed by atoms with van der Waals surface area (Å²) >= 11 is 37.9. The molecule has 6 nitrogen and oxygen atoms in total. The highest BCUT2D eigenvalue weighted by molar-refractivity contribution is 6.35. The minimum atomic E-state index is 0.00297. The number of methoxy groups -OCH3 is 1. The second kappa shape index (κ2) is 21.7. The summed E-state index contributed by atoms with van der Waals surface area (Å²) in [5.74, 6) is 0. The van der Waals surface area contributed by atoms with Crippen molar-refractivity contribution in [1.29, 1.82) is 0 Å². The zero-order valence-corrected chi connectivity index (χ0v) is 38.3. The number of halogens is 6. The average Bonchev–Trinajstić information content (AvgIpc) is 3.26. The molecule has 6 aromatic rings. The van der Waals surface area contributed by atoms with E-state index in [1.54, 1.807) is 13.2 Å². The largest absolute Gasteiger partial charge is 0.395 e. The monoisotopic (exact) mass is 934 g/mol. The highest BCUT2D eigenvalue weighted by Gasteiger charge is 2.37. The van der Waals surface area contributed by atoms with Crippen LogP contribution in [0.3, 0.4) is 0 Å². The van der Waals surface area contributed by atoms with Gasteiger partial charge in [-0.05, 0) is 95.1 Å². The molecule has 0 amide bonds. The quantitative estimate of drug-likeness (QED) is 0.140. The van der Waals surface area contributed by atoms with E-state index < -0.39 is 0 Å². The number of aliphatic hydroxyl groups is 1. The van der Waals surface area contributed by atoms with Crippen molar-refractivity contribution in [3.63, 3.8) is 0 Å². The van der Waals surface area contributed by atoms with Gasteiger partial charge in [-0.1, -0.05) is 142 Å². The lowest BCUT2D eigenvalue weighted by Gasteiger charge is -2.48. The number of hydrogen-bond donors (Lipinski definition) is 1. The number of benzene rings is 6. The Bertz CT molecular complexity index is 2310. The number of rotatable bonds is 11. The minimum absolute atomic E-state index is 0.00297. The molecule has 0 spiro atoms. The Morgan fingerprint density at radius 1 is 0.492 bits per heavy atom. The van der Waals surface area contributed by atoms with Crippen LogP contribution < -0.4 is 9.80 Å². The first-order chi connectivity index (χ1) is 29.6. The number of aliphatic hydroxyl groups excluding tert-OH is 1. The third-order valence-corrected chi connectivity index (χ3v) is 13.0. The van der Waals surface area contributed by atoms with Gasteiger partial charge in [0.25, 0.3) is 0 Å². The molecule has 318 valence electrons. The Labute approximate surface area is 389 Å². The van der Waals surface area contributed by atoms with Crippen molar-refractivity contribution >= 4 is 81.0 Å². The van der Waals surface area contributed by atoms with Crippen LogP contribution in [0.25, 0.3) is 0 Å². The summed E-state index contributed by atoms with van der Waals surface area (Å²) in [6.07, 6.45) is 0. The fraction of sp³-hybridized carbons (Fsp3) is 0.265. The van der Waals surface area contributed by atoms with Gasteiger partial charge in [0, 0.05) is 87.9 Å². The van der Waals surface area contributed by atoms with Crippen molar-refractivity contribution in [3.8, 4) is 0 Å². The molecule has 2 fully saturated rings. The summed E-state index contributed by atoms with van der Waals surface area (Å²) in [5.41, 5.74) is 6.75. The van der Waals surface area contributed by atoms with Crippen molar-refractivity contribution < 1.29 is 9.84 Å². The molecular weight excluding hydrogens is 889 g/mol. The van der Waals surface area contributed by atoms with Crippen LogP contribution in [0.2, 0.25) is 30.1 Å². The van der Waals surface area contributed by atoms with Gasteiger partial charge in [0.1, 0.15) is 0 Å². The van der Waals surface area contributed by atoms with Crippen LogP contribution in [0.5, 0.6) is 0 Å². The van der Waals surface area contributed by atoms with Crippen LogP contribution >= 0.6 is 69.6 Å². The molecule has 1 N–H and O–H groups in total. The zero-order chi connectivity index (χ0) is 42.9. The highest BCUT2D eigenvalue weighted by atomic mass is 35.5. The van der Waals surface area contributed by atoms with Gasteiger partial charge >= 0.3 is 0 Å². The van der Waals surface area contributed by atoms with Crippen molar-refractivity contribution in [2.45, 2.75) is 37.3 Å². The van der Waals surface area contributed by atoms with E-state index in [-0.39, 0.29) is 30.8 Å². The summed E-state index contributed by atoms with van der Waals surface area (Å²) in [4.78, 5) is 9.52. The Morgan fingerprint density at radius 2 is 0.885 bits per heavy atom. The van der Waals surface area contributed by atoms with Gasteiger partial charge in [-0.3, -0.25) is 9.80 Å². The maximum Gasteiger partial charge on any atom is 0.0685 e. The van der Waals surface area contributed by atoms with E-state index >= 15 is 0 Å². The molecule has 0 unspecified atom stereocenters. The normalized spacial score (nSPS) is 19.7. The predicted octanol–water partition coefficient (Wildman–Crippen LogP) is 12.8. The van der Waals surface area contributed by atoms with Gasteiger partial charge in [0.15, 0.2) is 0 Å². The lowest BCUT2D eigenvalue weighted by molar-refractivity contribution is 0.0644. The van der Waals surface area contributed by atoms with Gasteiger partial charge < -0.3 is 19.6 Å². The lowest BCUT2D eigenvalue weighted by Crippen LogP contribution is -2.56. The van der Waals surface area contributed by atoms with Gasteiger partial charge in [0.2, 0.25) is 0 Å². The van der Waals surface area contributed by atoms with Crippen LogP contribution in [0.4, 0.5) is 11.4 Å². The predicted molar refractivity (Wildman–Crippen MR) is 256 cm³/mol. The highest BCUT2D eigenvalue weighted by Crippen LogP contribution is 2.39. The maximum atomic E-state index is 10.2. The van der Waals surface area contributed by atoms with Gasteiger partial charge in [0.05, 0.1) is 37.4 Å².